The highest BCUT2D eigenvalue weighted by atomic mass is 32.1. The predicted octanol–water partition coefficient (Wildman–Crippen LogP) is 3.54. The molecule has 0 unspecified atom stereocenters. The van der Waals surface area contributed by atoms with Gasteiger partial charge in [-0.05, 0) is 30.4 Å². The van der Waals surface area contributed by atoms with Gasteiger partial charge < -0.3 is 10.3 Å². The average Bonchev–Trinajstić information content (AvgIpc) is 3.02. The molecule has 0 saturated heterocycles. The van der Waals surface area contributed by atoms with Gasteiger partial charge in [-0.25, -0.2) is 0 Å². The molecule has 0 spiro atoms. The van der Waals surface area contributed by atoms with Crippen molar-refractivity contribution in [3.63, 3.8) is 0 Å². The summed E-state index contributed by atoms with van der Waals surface area (Å²) in [5.41, 5.74) is 7.58. The van der Waals surface area contributed by atoms with Crippen molar-refractivity contribution in [1.82, 2.24) is 4.57 Å². The van der Waals surface area contributed by atoms with E-state index in [0.29, 0.717) is 12.6 Å². The zero-order valence-electron chi connectivity index (χ0n) is 11.5. The van der Waals surface area contributed by atoms with E-state index in [1.807, 2.05) is 16.7 Å². The largest absolute Gasteiger partial charge is 0.326 e. The van der Waals surface area contributed by atoms with Crippen molar-refractivity contribution >= 4 is 11.3 Å². The first kappa shape index (κ1) is 13.6. The number of rotatable bonds is 3. The summed E-state index contributed by atoms with van der Waals surface area (Å²) in [6.07, 6.45) is 5.93. The van der Waals surface area contributed by atoms with Crippen LogP contribution in [0.1, 0.15) is 43.7 Å². The van der Waals surface area contributed by atoms with Crippen molar-refractivity contribution in [3.05, 3.63) is 45.6 Å². The normalized spacial score (nSPS) is 16.4. The van der Waals surface area contributed by atoms with Crippen LogP contribution < -0.4 is 11.3 Å². The van der Waals surface area contributed by atoms with E-state index in [1.54, 1.807) is 11.3 Å². The van der Waals surface area contributed by atoms with Crippen molar-refractivity contribution in [3.8, 4) is 10.6 Å². The lowest BCUT2D eigenvalue weighted by Crippen LogP contribution is -2.30. The Bertz CT molecular complexity index is 624. The molecule has 1 aliphatic carbocycles. The average molecular weight is 288 g/mol. The molecule has 2 heterocycles. The van der Waals surface area contributed by atoms with Gasteiger partial charge in [-0.15, -0.1) is 11.3 Å². The van der Waals surface area contributed by atoms with Crippen molar-refractivity contribution in [2.45, 2.75) is 44.7 Å². The molecular formula is C16H20N2OS. The molecule has 3 rings (SSSR count). The molecule has 3 nitrogen and oxygen atoms in total. The lowest BCUT2D eigenvalue weighted by atomic mass is 9.94. The Morgan fingerprint density at radius 2 is 2.00 bits per heavy atom. The summed E-state index contributed by atoms with van der Waals surface area (Å²) < 4.78 is 2.01. The quantitative estimate of drug-likeness (QED) is 0.939. The maximum Gasteiger partial charge on any atom is 0.255 e. The SMILES string of the molecule is NCc1ccc(-c2cccs2)n(C2CCCCC2)c1=O. The van der Waals surface area contributed by atoms with Crippen LogP contribution in [0.5, 0.6) is 0 Å². The Hall–Kier alpha value is -1.39. The molecule has 0 aromatic carbocycles. The zero-order chi connectivity index (χ0) is 13.9. The third kappa shape index (κ3) is 2.45. The summed E-state index contributed by atoms with van der Waals surface area (Å²) in [7, 11) is 0. The summed E-state index contributed by atoms with van der Waals surface area (Å²) in [6, 6.07) is 8.40. The van der Waals surface area contributed by atoms with Gasteiger partial charge >= 0.3 is 0 Å². The molecule has 4 heteroatoms. The van der Waals surface area contributed by atoms with Gasteiger partial charge in [0.1, 0.15) is 0 Å². The van der Waals surface area contributed by atoms with E-state index in [0.717, 1.165) is 29.0 Å². The highest BCUT2D eigenvalue weighted by molar-refractivity contribution is 7.13. The molecule has 2 N–H and O–H groups in total. The van der Waals surface area contributed by atoms with Crippen LogP contribution in [-0.2, 0) is 6.54 Å². The van der Waals surface area contributed by atoms with Crippen molar-refractivity contribution < 1.29 is 0 Å². The molecule has 106 valence electrons. The number of hydrogen-bond donors (Lipinski definition) is 1. The van der Waals surface area contributed by atoms with Crippen molar-refractivity contribution in [2.75, 3.05) is 0 Å². The van der Waals surface area contributed by atoms with Gasteiger partial charge in [0.05, 0.1) is 10.6 Å². The van der Waals surface area contributed by atoms with Crippen molar-refractivity contribution in [1.29, 1.82) is 0 Å². The molecule has 2 aromatic heterocycles. The van der Waals surface area contributed by atoms with E-state index >= 15 is 0 Å². The van der Waals surface area contributed by atoms with E-state index in [9.17, 15) is 4.79 Å². The second-order valence-corrected chi connectivity index (χ2v) is 6.34. The fraction of sp³-hybridized carbons (Fsp3) is 0.438. The zero-order valence-corrected chi connectivity index (χ0v) is 12.4. The number of nitrogens with two attached hydrogens (primary N) is 1. The highest BCUT2D eigenvalue weighted by Crippen LogP contribution is 2.32. The topological polar surface area (TPSA) is 48.0 Å². The molecule has 0 atom stereocenters. The second-order valence-electron chi connectivity index (χ2n) is 5.39. The van der Waals surface area contributed by atoms with Gasteiger partial charge in [0, 0.05) is 18.2 Å². The van der Waals surface area contributed by atoms with Crippen LogP contribution in [0, 0.1) is 0 Å². The fourth-order valence-corrected chi connectivity index (χ4v) is 3.83. The third-order valence-electron chi connectivity index (χ3n) is 4.13. The van der Waals surface area contributed by atoms with Crippen molar-refractivity contribution in [2.24, 2.45) is 5.73 Å². The lowest BCUT2D eigenvalue weighted by molar-refractivity contribution is 0.348. The Morgan fingerprint density at radius 3 is 2.65 bits per heavy atom. The summed E-state index contributed by atoms with van der Waals surface area (Å²) >= 11 is 1.69. The van der Waals surface area contributed by atoms with E-state index in [2.05, 4.69) is 17.5 Å². The molecule has 0 aliphatic heterocycles. The molecule has 1 aliphatic rings. The van der Waals surface area contributed by atoms with Crippen LogP contribution in [0.15, 0.2) is 34.4 Å². The minimum absolute atomic E-state index is 0.102. The number of aromatic nitrogens is 1. The summed E-state index contributed by atoms with van der Waals surface area (Å²) in [6.45, 7) is 0.316. The number of hydrogen-bond acceptors (Lipinski definition) is 3. The van der Waals surface area contributed by atoms with Crippen LogP contribution in [-0.4, -0.2) is 4.57 Å². The smallest absolute Gasteiger partial charge is 0.255 e. The van der Waals surface area contributed by atoms with E-state index in [1.165, 1.54) is 19.3 Å². The van der Waals surface area contributed by atoms with Gasteiger partial charge in [0.25, 0.3) is 5.56 Å². The second kappa shape index (κ2) is 5.94. The number of pyridine rings is 1. The van der Waals surface area contributed by atoms with Crippen LogP contribution in [0.3, 0.4) is 0 Å². The monoisotopic (exact) mass is 288 g/mol. The van der Waals surface area contributed by atoms with Crippen LogP contribution >= 0.6 is 11.3 Å². The van der Waals surface area contributed by atoms with Gasteiger partial charge in [0.2, 0.25) is 0 Å². The Kier molecular flexibility index (Phi) is 4.03. The molecule has 20 heavy (non-hydrogen) atoms. The van der Waals surface area contributed by atoms with Gasteiger partial charge in [-0.3, -0.25) is 4.79 Å². The summed E-state index contributed by atoms with van der Waals surface area (Å²) in [5, 5.41) is 2.06. The van der Waals surface area contributed by atoms with E-state index in [4.69, 9.17) is 5.73 Å². The first-order valence-corrected chi connectivity index (χ1v) is 8.17. The Morgan fingerprint density at radius 1 is 1.20 bits per heavy atom. The van der Waals surface area contributed by atoms with Crippen LogP contribution in [0.4, 0.5) is 0 Å². The molecule has 0 bridgehead atoms. The summed E-state index contributed by atoms with van der Waals surface area (Å²) in [4.78, 5) is 13.9. The Balaban J connectivity index is 2.14. The predicted molar refractivity (Wildman–Crippen MR) is 84.0 cm³/mol. The fourth-order valence-electron chi connectivity index (χ4n) is 3.08. The van der Waals surface area contributed by atoms with Crippen LogP contribution in [0.2, 0.25) is 0 Å². The molecule has 0 amide bonds. The molecule has 0 radical (unpaired) electrons. The maximum absolute atomic E-state index is 12.7. The van der Waals surface area contributed by atoms with Gasteiger partial charge in [-0.1, -0.05) is 31.4 Å². The summed E-state index contributed by atoms with van der Waals surface area (Å²) in [5.74, 6) is 0. The van der Waals surface area contributed by atoms with Gasteiger partial charge in [-0.2, -0.15) is 0 Å². The van der Waals surface area contributed by atoms with E-state index < -0.39 is 0 Å². The lowest BCUT2D eigenvalue weighted by Gasteiger charge is -2.27. The first-order chi connectivity index (χ1) is 9.81. The minimum atomic E-state index is 0.102. The van der Waals surface area contributed by atoms with Gasteiger partial charge in [0.15, 0.2) is 0 Å². The standard InChI is InChI=1S/C16H20N2OS/c17-11-12-8-9-14(15-7-4-10-20-15)18(16(12)19)13-5-2-1-3-6-13/h4,7-10,13H,1-3,5-6,11,17H2. The number of nitrogens with zero attached hydrogens (tertiary/aromatic N) is 1. The maximum atomic E-state index is 12.7. The third-order valence-corrected chi connectivity index (χ3v) is 5.02. The minimum Gasteiger partial charge on any atom is -0.326 e. The first-order valence-electron chi connectivity index (χ1n) is 7.29. The Labute approximate surface area is 123 Å². The number of thiophene rings is 1. The molecule has 2 aromatic rings. The molecule has 1 fully saturated rings. The highest BCUT2D eigenvalue weighted by Gasteiger charge is 2.21. The van der Waals surface area contributed by atoms with E-state index in [-0.39, 0.29) is 5.56 Å². The molecular weight excluding hydrogens is 268 g/mol. The molecule has 1 saturated carbocycles. The van der Waals surface area contributed by atoms with Crippen LogP contribution in [0.25, 0.3) is 10.6 Å².